The molecule has 3 heteroatoms. The van der Waals surface area contributed by atoms with E-state index in [1.165, 1.54) is 17.5 Å². The lowest BCUT2D eigenvalue weighted by molar-refractivity contribution is 0.346. The van der Waals surface area contributed by atoms with Crippen molar-refractivity contribution in [3.63, 3.8) is 0 Å². The van der Waals surface area contributed by atoms with Gasteiger partial charge in [-0.15, -0.1) is 0 Å². The number of anilines is 1. The van der Waals surface area contributed by atoms with Crippen molar-refractivity contribution in [3.8, 4) is 11.3 Å². The molecule has 20 heavy (non-hydrogen) atoms. The maximum absolute atomic E-state index is 6.38. The van der Waals surface area contributed by atoms with Crippen LogP contribution in [0.5, 0.6) is 0 Å². The minimum atomic E-state index is 0.446. The molecule has 0 bridgehead atoms. The molecule has 1 aromatic carbocycles. The molecule has 0 radical (unpaired) electrons. The molecule has 0 fully saturated rings. The van der Waals surface area contributed by atoms with Gasteiger partial charge in [-0.3, -0.25) is 0 Å². The summed E-state index contributed by atoms with van der Waals surface area (Å²) in [6, 6.07) is 6.91. The highest BCUT2D eigenvalue weighted by Gasteiger charge is 2.26. The van der Waals surface area contributed by atoms with Crippen LogP contribution in [0.3, 0.4) is 0 Å². The van der Waals surface area contributed by atoms with Crippen molar-refractivity contribution in [2.45, 2.75) is 46.6 Å². The summed E-state index contributed by atoms with van der Waals surface area (Å²) in [6.45, 7) is 8.79. The van der Waals surface area contributed by atoms with E-state index in [4.69, 9.17) is 10.7 Å². The fraction of sp³-hybridized carbons (Fsp3) is 0.471. The molecule has 0 spiro atoms. The van der Waals surface area contributed by atoms with Crippen LogP contribution in [0.15, 0.2) is 18.2 Å². The maximum atomic E-state index is 6.38. The first kappa shape index (κ1) is 13.2. The van der Waals surface area contributed by atoms with E-state index in [2.05, 4.69) is 50.5 Å². The Labute approximate surface area is 120 Å². The lowest BCUT2D eigenvalue weighted by atomic mass is 9.95. The standard InChI is InChI=1S/C17H23N3/c1-10-7-13(4)20-15(8-10)19-16(17(20)18)14-6-5-11(2)12(3)9-14/h5-6,9-10,13H,7-8,18H2,1-4H3. The van der Waals surface area contributed by atoms with Gasteiger partial charge in [0.15, 0.2) is 0 Å². The molecule has 2 aromatic rings. The molecule has 106 valence electrons. The lowest BCUT2D eigenvalue weighted by Gasteiger charge is -2.27. The highest BCUT2D eigenvalue weighted by Crippen LogP contribution is 2.36. The summed E-state index contributed by atoms with van der Waals surface area (Å²) < 4.78 is 2.23. The van der Waals surface area contributed by atoms with Gasteiger partial charge in [-0.1, -0.05) is 19.1 Å². The zero-order valence-electron chi connectivity index (χ0n) is 12.8. The van der Waals surface area contributed by atoms with Gasteiger partial charge in [-0.05, 0) is 50.3 Å². The predicted molar refractivity (Wildman–Crippen MR) is 83.7 cm³/mol. The highest BCUT2D eigenvalue weighted by molar-refractivity contribution is 5.72. The third-order valence-electron chi connectivity index (χ3n) is 4.52. The lowest BCUT2D eigenvalue weighted by Crippen LogP contribution is -2.22. The highest BCUT2D eigenvalue weighted by atomic mass is 15.2. The minimum Gasteiger partial charge on any atom is -0.383 e. The molecule has 3 nitrogen and oxygen atoms in total. The van der Waals surface area contributed by atoms with Crippen LogP contribution in [-0.4, -0.2) is 9.55 Å². The number of imidazole rings is 1. The molecule has 0 saturated heterocycles. The normalized spacial score (nSPS) is 21.8. The maximum Gasteiger partial charge on any atom is 0.131 e. The van der Waals surface area contributed by atoms with E-state index in [1.54, 1.807) is 0 Å². The number of benzene rings is 1. The Hall–Kier alpha value is -1.77. The molecule has 1 aliphatic rings. The zero-order valence-corrected chi connectivity index (χ0v) is 12.8. The van der Waals surface area contributed by atoms with Gasteiger partial charge in [0, 0.05) is 18.0 Å². The fourth-order valence-corrected chi connectivity index (χ4v) is 3.31. The Morgan fingerprint density at radius 1 is 1.20 bits per heavy atom. The van der Waals surface area contributed by atoms with Gasteiger partial charge in [-0.25, -0.2) is 4.98 Å². The van der Waals surface area contributed by atoms with E-state index in [1.807, 2.05) is 0 Å². The summed E-state index contributed by atoms with van der Waals surface area (Å²) >= 11 is 0. The van der Waals surface area contributed by atoms with Crippen LogP contribution in [0.1, 0.15) is 43.3 Å². The van der Waals surface area contributed by atoms with Crippen molar-refractivity contribution < 1.29 is 0 Å². The van der Waals surface area contributed by atoms with Crippen LogP contribution in [0.25, 0.3) is 11.3 Å². The van der Waals surface area contributed by atoms with E-state index >= 15 is 0 Å². The summed E-state index contributed by atoms with van der Waals surface area (Å²) in [6.07, 6.45) is 2.21. The molecule has 0 amide bonds. The SMILES string of the molecule is Cc1ccc(-c2nc3n(c2N)C(C)CC(C)C3)cc1C. The van der Waals surface area contributed by atoms with Gasteiger partial charge < -0.3 is 10.3 Å². The van der Waals surface area contributed by atoms with Crippen molar-refractivity contribution >= 4 is 5.82 Å². The Morgan fingerprint density at radius 2 is 1.95 bits per heavy atom. The van der Waals surface area contributed by atoms with Crippen molar-refractivity contribution in [1.82, 2.24) is 9.55 Å². The van der Waals surface area contributed by atoms with Gasteiger partial charge in [-0.2, -0.15) is 0 Å². The Bertz CT molecular complexity index is 654. The fourth-order valence-electron chi connectivity index (χ4n) is 3.31. The Kier molecular flexibility index (Phi) is 3.08. The van der Waals surface area contributed by atoms with E-state index in [9.17, 15) is 0 Å². The summed E-state index contributed by atoms with van der Waals surface area (Å²) in [4.78, 5) is 4.83. The second-order valence-electron chi connectivity index (χ2n) is 6.32. The Balaban J connectivity index is 2.11. The minimum absolute atomic E-state index is 0.446. The van der Waals surface area contributed by atoms with Gasteiger partial charge in [0.1, 0.15) is 17.3 Å². The monoisotopic (exact) mass is 269 g/mol. The number of fused-ring (bicyclic) bond motifs is 1. The molecular formula is C17H23N3. The number of nitrogens with zero attached hydrogens (tertiary/aromatic N) is 2. The molecule has 3 rings (SSSR count). The first-order valence-electron chi connectivity index (χ1n) is 7.41. The first-order chi connectivity index (χ1) is 9.47. The Morgan fingerprint density at radius 3 is 2.65 bits per heavy atom. The average Bonchev–Trinajstić information content (AvgIpc) is 2.70. The molecule has 2 heterocycles. The number of hydrogen-bond acceptors (Lipinski definition) is 2. The van der Waals surface area contributed by atoms with Crippen molar-refractivity contribution in [1.29, 1.82) is 0 Å². The number of aryl methyl sites for hydroxylation is 2. The average molecular weight is 269 g/mol. The molecule has 1 aliphatic heterocycles. The number of aromatic nitrogens is 2. The third-order valence-corrected chi connectivity index (χ3v) is 4.52. The smallest absolute Gasteiger partial charge is 0.131 e. The van der Waals surface area contributed by atoms with Gasteiger partial charge in [0.05, 0.1) is 0 Å². The van der Waals surface area contributed by atoms with E-state index < -0.39 is 0 Å². The van der Waals surface area contributed by atoms with Crippen molar-refractivity contribution in [3.05, 3.63) is 35.2 Å². The van der Waals surface area contributed by atoms with Crippen LogP contribution in [-0.2, 0) is 6.42 Å². The molecular weight excluding hydrogens is 246 g/mol. The quantitative estimate of drug-likeness (QED) is 0.853. The summed E-state index contributed by atoms with van der Waals surface area (Å²) in [5.41, 5.74) is 11.1. The summed E-state index contributed by atoms with van der Waals surface area (Å²) in [7, 11) is 0. The zero-order chi connectivity index (χ0) is 14.4. The first-order valence-corrected chi connectivity index (χ1v) is 7.41. The predicted octanol–water partition coefficient (Wildman–Crippen LogP) is 3.89. The van der Waals surface area contributed by atoms with Crippen LogP contribution in [0, 0.1) is 19.8 Å². The van der Waals surface area contributed by atoms with Crippen LogP contribution < -0.4 is 5.73 Å². The van der Waals surface area contributed by atoms with Crippen LogP contribution >= 0.6 is 0 Å². The van der Waals surface area contributed by atoms with E-state index in [0.29, 0.717) is 12.0 Å². The third kappa shape index (κ3) is 2.01. The van der Waals surface area contributed by atoms with Gasteiger partial charge in [0.2, 0.25) is 0 Å². The molecule has 0 saturated carbocycles. The second kappa shape index (κ2) is 4.65. The molecule has 1 aromatic heterocycles. The van der Waals surface area contributed by atoms with Crippen molar-refractivity contribution in [2.75, 3.05) is 5.73 Å². The summed E-state index contributed by atoms with van der Waals surface area (Å²) in [5.74, 6) is 2.65. The van der Waals surface area contributed by atoms with E-state index in [0.717, 1.165) is 29.3 Å². The van der Waals surface area contributed by atoms with Crippen LogP contribution in [0.2, 0.25) is 0 Å². The molecule has 2 N–H and O–H groups in total. The molecule has 2 unspecified atom stereocenters. The number of rotatable bonds is 1. The number of hydrogen-bond donors (Lipinski definition) is 1. The number of nitrogens with two attached hydrogens (primary N) is 1. The largest absolute Gasteiger partial charge is 0.383 e. The second-order valence-corrected chi connectivity index (χ2v) is 6.32. The molecule has 0 aliphatic carbocycles. The van der Waals surface area contributed by atoms with Gasteiger partial charge >= 0.3 is 0 Å². The molecule has 2 atom stereocenters. The van der Waals surface area contributed by atoms with Crippen LogP contribution in [0.4, 0.5) is 5.82 Å². The number of nitrogen functional groups attached to an aromatic ring is 1. The topological polar surface area (TPSA) is 43.8 Å². The van der Waals surface area contributed by atoms with Gasteiger partial charge in [0.25, 0.3) is 0 Å². The van der Waals surface area contributed by atoms with E-state index in [-0.39, 0.29) is 0 Å². The summed E-state index contributed by atoms with van der Waals surface area (Å²) in [5, 5.41) is 0. The van der Waals surface area contributed by atoms with Crippen molar-refractivity contribution in [2.24, 2.45) is 5.92 Å².